The molecule has 0 radical (unpaired) electrons. The highest BCUT2D eigenvalue weighted by Gasteiger charge is 2.12. The zero-order valence-electron chi connectivity index (χ0n) is 9.21. The third kappa shape index (κ3) is 4.13. The highest BCUT2D eigenvalue weighted by Crippen LogP contribution is 2.32. The van der Waals surface area contributed by atoms with Crippen LogP contribution in [0.3, 0.4) is 0 Å². The van der Waals surface area contributed by atoms with E-state index >= 15 is 0 Å². The minimum Gasteiger partial charge on any atom is -0.365 e. The van der Waals surface area contributed by atoms with Gasteiger partial charge >= 0.3 is 0 Å². The first-order valence-corrected chi connectivity index (χ1v) is 6.90. The number of carbonyl (C=O) groups is 1. The van der Waals surface area contributed by atoms with Gasteiger partial charge in [0.05, 0.1) is 4.24 Å². The van der Waals surface area contributed by atoms with Crippen molar-refractivity contribution in [1.82, 2.24) is 4.98 Å². The highest BCUT2D eigenvalue weighted by molar-refractivity contribution is 8.21. The van der Waals surface area contributed by atoms with Crippen molar-refractivity contribution in [3.63, 3.8) is 0 Å². The van der Waals surface area contributed by atoms with Crippen molar-refractivity contribution in [3.05, 3.63) is 39.9 Å². The molecule has 2 N–H and O–H groups in total. The number of carbonyl (C=O) groups excluding carboxylic acids is 1. The zero-order valence-corrected chi connectivity index (χ0v) is 10.8. The van der Waals surface area contributed by atoms with E-state index in [9.17, 15) is 4.79 Å². The van der Waals surface area contributed by atoms with Crippen LogP contribution in [0.5, 0.6) is 0 Å². The van der Waals surface area contributed by atoms with Crippen LogP contribution < -0.4 is 5.73 Å². The van der Waals surface area contributed by atoms with Gasteiger partial charge in [-0.15, -0.1) is 23.5 Å². The molecule has 1 aromatic rings. The molecule has 0 aliphatic carbocycles. The van der Waals surface area contributed by atoms with Crippen molar-refractivity contribution in [2.45, 2.75) is 5.75 Å². The monoisotopic (exact) mass is 265 g/mol. The summed E-state index contributed by atoms with van der Waals surface area (Å²) in [5.74, 6) is -0.00368. The molecule has 0 saturated heterocycles. The van der Waals surface area contributed by atoms with E-state index in [4.69, 9.17) is 11.0 Å². The summed E-state index contributed by atoms with van der Waals surface area (Å²) in [5, 5.41) is 8.85. The summed E-state index contributed by atoms with van der Waals surface area (Å²) in [6.45, 7) is 0. The van der Waals surface area contributed by atoms with Gasteiger partial charge in [-0.1, -0.05) is 0 Å². The van der Waals surface area contributed by atoms with Crippen LogP contribution in [0.2, 0.25) is 0 Å². The first-order valence-electron chi connectivity index (χ1n) is 4.69. The predicted molar refractivity (Wildman–Crippen MR) is 70.9 cm³/mol. The second kappa shape index (κ2) is 6.99. The number of hydrogen-bond donors (Lipinski definition) is 1. The number of rotatable bonds is 5. The molecular formula is C11H11N3OS2. The molecule has 6 heteroatoms. The SMILES string of the molecule is CS/C(SCc1ccncc1)=C(\C#N)C(N)=O. The molecule has 0 atom stereocenters. The van der Waals surface area contributed by atoms with Crippen LogP contribution >= 0.6 is 23.5 Å². The third-order valence-electron chi connectivity index (χ3n) is 1.87. The molecule has 4 nitrogen and oxygen atoms in total. The van der Waals surface area contributed by atoms with E-state index in [1.54, 1.807) is 12.4 Å². The molecule has 0 aromatic carbocycles. The number of pyridine rings is 1. The fourth-order valence-electron chi connectivity index (χ4n) is 1.06. The Labute approximate surface area is 108 Å². The average molecular weight is 265 g/mol. The Morgan fingerprint density at radius 1 is 1.53 bits per heavy atom. The Balaban J connectivity index is 2.78. The summed E-state index contributed by atoms with van der Waals surface area (Å²) in [4.78, 5) is 15.0. The fourth-order valence-corrected chi connectivity index (χ4v) is 2.84. The standard InChI is InChI=1S/C11H11N3OS2/c1-16-11(9(6-12)10(13)15)17-7-8-2-4-14-5-3-8/h2-5H,7H2,1H3,(H2,13,15)/b11-9-. The van der Waals surface area contributed by atoms with Crippen molar-refractivity contribution in [1.29, 1.82) is 5.26 Å². The lowest BCUT2D eigenvalue weighted by Gasteiger charge is -2.05. The molecule has 1 rings (SSSR count). The summed E-state index contributed by atoms with van der Waals surface area (Å²) in [5.41, 5.74) is 6.24. The van der Waals surface area contributed by atoms with E-state index in [-0.39, 0.29) is 5.57 Å². The topological polar surface area (TPSA) is 79.8 Å². The molecule has 0 fully saturated rings. The van der Waals surface area contributed by atoms with E-state index < -0.39 is 5.91 Å². The Morgan fingerprint density at radius 3 is 2.65 bits per heavy atom. The van der Waals surface area contributed by atoms with E-state index in [1.807, 2.05) is 24.5 Å². The van der Waals surface area contributed by atoms with Crippen molar-refractivity contribution in [3.8, 4) is 6.07 Å². The van der Waals surface area contributed by atoms with Crippen LogP contribution in [-0.4, -0.2) is 17.1 Å². The number of hydrogen-bond acceptors (Lipinski definition) is 5. The maximum absolute atomic E-state index is 11.0. The summed E-state index contributed by atoms with van der Waals surface area (Å²) in [7, 11) is 0. The number of aromatic nitrogens is 1. The van der Waals surface area contributed by atoms with Gasteiger partial charge in [-0.25, -0.2) is 0 Å². The number of nitrogens with zero attached hydrogens (tertiary/aromatic N) is 2. The Morgan fingerprint density at radius 2 is 2.18 bits per heavy atom. The van der Waals surface area contributed by atoms with E-state index in [1.165, 1.54) is 23.5 Å². The van der Waals surface area contributed by atoms with Crippen molar-refractivity contribution in [2.24, 2.45) is 5.73 Å². The van der Waals surface area contributed by atoms with Gasteiger partial charge in [0.1, 0.15) is 11.6 Å². The molecule has 88 valence electrons. The molecule has 0 saturated carbocycles. The summed E-state index contributed by atoms with van der Waals surface area (Å²) >= 11 is 2.78. The maximum atomic E-state index is 11.0. The van der Waals surface area contributed by atoms with Crippen LogP contribution in [0, 0.1) is 11.3 Å². The molecule has 0 unspecified atom stereocenters. The Bertz CT molecular complexity index is 465. The number of amides is 1. The first-order chi connectivity index (χ1) is 8.19. The quantitative estimate of drug-likeness (QED) is 0.649. The van der Waals surface area contributed by atoms with Crippen molar-refractivity contribution >= 4 is 29.4 Å². The van der Waals surface area contributed by atoms with Gasteiger partial charge in [-0.05, 0) is 24.0 Å². The summed E-state index contributed by atoms with van der Waals surface area (Å²) in [6, 6.07) is 5.62. The van der Waals surface area contributed by atoms with Crippen molar-refractivity contribution < 1.29 is 4.79 Å². The first kappa shape index (κ1) is 13.6. The zero-order chi connectivity index (χ0) is 12.7. The Hall–Kier alpha value is -1.45. The molecule has 0 aliphatic heterocycles. The second-order valence-corrected chi connectivity index (χ2v) is 5.05. The molecular weight excluding hydrogens is 254 g/mol. The molecule has 0 bridgehead atoms. The van der Waals surface area contributed by atoms with Crippen LogP contribution in [0.25, 0.3) is 0 Å². The molecule has 1 aromatic heterocycles. The lowest BCUT2D eigenvalue weighted by atomic mass is 10.3. The smallest absolute Gasteiger partial charge is 0.261 e. The van der Waals surface area contributed by atoms with Crippen LogP contribution in [-0.2, 0) is 10.5 Å². The minimum atomic E-state index is -0.681. The summed E-state index contributed by atoms with van der Waals surface area (Å²) < 4.78 is 0.650. The lowest BCUT2D eigenvalue weighted by Crippen LogP contribution is -2.13. The maximum Gasteiger partial charge on any atom is 0.261 e. The number of nitrogens with two attached hydrogens (primary N) is 1. The Kier molecular flexibility index (Phi) is 5.60. The largest absolute Gasteiger partial charge is 0.365 e. The number of thioether (sulfide) groups is 2. The van der Waals surface area contributed by atoms with E-state index in [2.05, 4.69) is 4.98 Å². The van der Waals surface area contributed by atoms with Gasteiger partial charge < -0.3 is 5.73 Å². The summed E-state index contributed by atoms with van der Waals surface area (Å²) in [6.07, 6.45) is 5.23. The van der Waals surface area contributed by atoms with Crippen LogP contribution in [0.1, 0.15) is 5.56 Å². The van der Waals surface area contributed by atoms with E-state index in [0.717, 1.165) is 5.56 Å². The average Bonchev–Trinajstić information content (AvgIpc) is 2.35. The molecule has 0 aliphatic rings. The van der Waals surface area contributed by atoms with Crippen LogP contribution in [0.4, 0.5) is 0 Å². The van der Waals surface area contributed by atoms with Gasteiger partial charge in [0.15, 0.2) is 0 Å². The van der Waals surface area contributed by atoms with Crippen LogP contribution in [0.15, 0.2) is 34.3 Å². The predicted octanol–water partition coefficient (Wildman–Crippen LogP) is 1.90. The number of nitriles is 1. The number of primary amides is 1. The molecule has 17 heavy (non-hydrogen) atoms. The normalized spacial score (nSPS) is 11.5. The van der Waals surface area contributed by atoms with Gasteiger partial charge in [-0.2, -0.15) is 5.26 Å². The molecule has 0 spiro atoms. The van der Waals surface area contributed by atoms with Gasteiger partial charge in [0, 0.05) is 18.1 Å². The molecule has 1 amide bonds. The third-order valence-corrected chi connectivity index (χ3v) is 4.24. The highest BCUT2D eigenvalue weighted by atomic mass is 32.2. The van der Waals surface area contributed by atoms with Gasteiger partial charge in [-0.3, -0.25) is 9.78 Å². The fraction of sp³-hybridized carbons (Fsp3) is 0.182. The minimum absolute atomic E-state index is 0.0246. The van der Waals surface area contributed by atoms with Gasteiger partial charge in [0.2, 0.25) is 0 Å². The molecule has 1 heterocycles. The second-order valence-electron chi connectivity index (χ2n) is 2.99. The van der Waals surface area contributed by atoms with Gasteiger partial charge in [0.25, 0.3) is 5.91 Å². The van der Waals surface area contributed by atoms with Crippen molar-refractivity contribution in [2.75, 3.05) is 6.26 Å². The van der Waals surface area contributed by atoms with E-state index in [0.29, 0.717) is 9.99 Å². The lowest BCUT2D eigenvalue weighted by molar-refractivity contribution is -0.114.